The van der Waals surface area contributed by atoms with Crippen molar-refractivity contribution in [3.05, 3.63) is 35.8 Å². The molecule has 2 aromatic heterocycles. The number of rotatable bonds is 4. The van der Waals surface area contributed by atoms with Gasteiger partial charge in [0.2, 0.25) is 5.91 Å². The molecule has 1 atom stereocenters. The fourth-order valence-corrected chi connectivity index (χ4v) is 2.85. The monoisotopic (exact) mass is 304 g/mol. The average Bonchev–Trinajstić information content (AvgIpc) is 3.08. The lowest BCUT2D eigenvalue weighted by Gasteiger charge is -2.26. The fraction of sp³-hybridized carbons (Fsp3) is 0.533. The summed E-state index contributed by atoms with van der Waals surface area (Å²) < 4.78 is 12.5. The van der Waals surface area contributed by atoms with Gasteiger partial charge in [-0.15, -0.1) is 10.2 Å². The molecule has 0 fully saturated rings. The maximum absolute atomic E-state index is 12.5. The second kappa shape index (κ2) is 6.31. The number of furan rings is 1. The molecule has 2 aromatic rings. The Labute approximate surface area is 128 Å². The highest BCUT2D eigenvalue weighted by molar-refractivity contribution is 5.78. The second-order valence-corrected chi connectivity index (χ2v) is 5.51. The normalized spacial score (nSPS) is 18.1. The molecule has 118 valence electrons. The Kier molecular flexibility index (Phi) is 4.24. The Balaban J connectivity index is 1.72. The number of ether oxygens (including phenoxy) is 1. The van der Waals surface area contributed by atoms with Gasteiger partial charge < -0.3 is 18.6 Å². The van der Waals surface area contributed by atoms with E-state index in [4.69, 9.17) is 9.15 Å². The molecule has 0 aliphatic carbocycles. The average molecular weight is 304 g/mol. The van der Waals surface area contributed by atoms with Gasteiger partial charge in [0.15, 0.2) is 5.82 Å². The first kappa shape index (κ1) is 14.8. The van der Waals surface area contributed by atoms with Crippen LogP contribution in [0.15, 0.2) is 22.8 Å². The number of hydrogen-bond acceptors (Lipinski definition) is 5. The van der Waals surface area contributed by atoms with E-state index >= 15 is 0 Å². The zero-order valence-electron chi connectivity index (χ0n) is 12.9. The van der Waals surface area contributed by atoms with Crippen LogP contribution < -0.4 is 0 Å². The van der Waals surface area contributed by atoms with Crippen LogP contribution in [0.5, 0.6) is 0 Å². The van der Waals surface area contributed by atoms with Gasteiger partial charge in [0.1, 0.15) is 18.2 Å². The first-order chi connectivity index (χ1) is 10.7. The molecule has 0 spiro atoms. The molecule has 1 aliphatic rings. The maximum Gasteiger partial charge on any atom is 0.230 e. The summed E-state index contributed by atoms with van der Waals surface area (Å²) in [4.78, 5) is 14.4. The molecule has 0 bridgehead atoms. The molecule has 1 aliphatic heterocycles. The molecule has 3 rings (SSSR count). The van der Waals surface area contributed by atoms with Crippen molar-refractivity contribution in [2.24, 2.45) is 0 Å². The Morgan fingerprint density at radius 3 is 3.05 bits per heavy atom. The quantitative estimate of drug-likeness (QED) is 0.843. The summed E-state index contributed by atoms with van der Waals surface area (Å²) in [5.41, 5.74) is 0. The molecule has 0 saturated heterocycles. The minimum atomic E-state index is 0.0782. The lowest BCUT2D eigenvalue weighted by atomic mass is 10.2. The molecular formula is C15H20N4O3. The van der Waals surface area contributed by atoms with Crippen LogP contribution >= 0.6 is 0 Å². The molecule has 0 aromatic carbocycles. The first-order valence-corrected chi connectivity index (χ1v) is 7.40. The number of fused-ring (bicyclic) bond motifs is 1. The van der Waals surface area contributed by atoms with Crippen molar-refractivity contribution in [1.82, 2.24) is 19.7 Å². The summed E-state index contributed by atoms with van der Waals surface area (Å²) in [6.07, 6.45) is 2.58. The number of amides is 1. The zero-order valence-corrected chi connectivity index (χ0v) is 12.9. The van der Waals surface area contributed by atoms with E-state index in [1.54, 1.807) is 19.4 Å². The van der Waals surface area contributed by atoms with Crippen molar-refractivity contribution in [2.75, 3.05) is 13.7 Å². The summed E-state index contributed by atoms with van der Waals surface area (Å²) in [6, 6.07) is 3.71. The molecule has 7 nitrogen and oxygen atoms in total. The smallest absolute Gasteiger partial charge is 0.230 e. The summed E-state index contributed by atoms with van der Waals surface area (Å²) >= 11 is 0. The van der Waals surface area contributed by atoms with Crippen LogP contribution in [-0.4, -0.2) is 45.3 Å². The highest BCUT2D eigenvalue weighted by atomic mass is 16.5. The Hall–Kier alpha value is -2.15. The summed E-state index contributed by atoms with van der Waals surface area (Å²) in [5.74, 6) is 2.49. The maximum atomic E-state index is 12.5. The van der Waals surface area contributed by atoms with Crippen LogP contribution in [-0.2, 0) is 35.5 Å². The highest BCUT2D eigenvalue weighted by Gasteiger charge is 2.27. The van der Waals surface area contributed by atoms with Gasteiger partial charge in [0.05, 0.1) is 12.7 Å². The second-order valence-electron chi connectivity index (χ2n) is 5.51. The molecule has 22 heavy (non-hydrogen) atoms. The number of methoxy groups -OCH3 is 1. The molecule has 1 amide bonds. The van der Waals surface area contributed by atoms with Gasteiger partial charge in [-0.1, -0.05) is 0 Å². The van der Waals surface area contributed by atoms with E-state index in [1.807, 2.05) is 17.9 Å². The first-order valence-electron chi connectivity index (χ1n) is 7.40. The van der Waals surface area contributed by atoms with Crippen molar-refractivity contribution in [1.29, 1.82) is 0 Å². The van der Waals surface area contributed by atoms with E-state index in [1.165, 1.54) is 0 Å². The van der Waals surface area contributed by atoms with Gasteiger partial charge >= 0.3 is 0 Å². The van der Waals surface area contributed by atoms with E-state index < -0.39 is 0 Å². The van der Waals surface area contributed by atoms with E-state index in [0.717, 1.165) is 11.6 Å². The molecule has 7 heteroatoms. The molecule has 0 radical (unpaired) electrons. The minimum Gasteiger partial charge on any atom is -0.469 e. The number of aromatic nitrogens is 3. The number of nitrogens with zero attached hydrogens (tertiary/aromatic N) is 4. The third-order valence-electron chi connectivity index (χ3n) is 3.98. The van der Waals surface area contributed by atoms with E-state index in [0.29, 0.717) is 38.3 Å². The third kappa shape index (κ3) is 2.89. The van der Waals surface area contributed by atoms with Gasteiger partial charge in [-0.2, -0.15) is 0 Å². The van der Waals surface area contributed by atoms with Crippen molar-refractivity contribution in [3.63, 3.8) is 0 Å². The van der Waals surface area contributed by atoms with Crippen LogP contribution in [0.1, 0.15) is 24.3 Å². The van der Waals surface area contributed by atoms with Crippen LogP contribution in [0.4, 0.5) is 0 Å². The van der Waals surface area contributed by atoms with Crippen LogP contribution in [0.2, 0.25) is 0 Å². The molecular weight excluding hydrogens is 284 g/mol. The van der Waals surface area contributed by atoms with E-state index in [2.05, 4.69) is 14.8 Å². The van der Waals surface area contributed by atoms with Crippen LogP contribution in [0.3, 0.4) is 0 Å². The van der Waals surface area contributed by atoms with Gasteiger partial charge in [0, 0.05) is 32.7 Å². The van der Waals surface area contributed by atoms with Crippen molar-refractivity contribution < 1.29 is 13.9 Å². The van der Waals surface area contributed by atoms with Gasteiger partial charge in [0.25, 0.3) is 0 Å². The fourth-order valence-electron chi connectivity index (χ4n) is 2.85. The van der Waals surface area contributed by atoms with Crippen LogP contribution in [0, 0.1) is 0 Å². The van der Waals surface area contributed by atoms with E-state index in [-0.39, 0.29) is 11.9 Å². The summed E-state index contributed by atoms with van der Waals surface area (Å²) in [6.45, 7) is 3.81. The lowest BCUT2D eigenvalue weighted by molar-refractivity contribution is -0.132. The molecule has 0 saturated carbocycles. The Bertz CT molecular complexity index is 635. The topological polar surface area (TPSA) is 73.4 Å². The lowest BCUT2D eigenvalue weighted by Crippen LogP contribution is -2.41. The van der Waals surface area contributed by atoms with Crippen LogP contribution in [0.25, 0.3) is 0 Å². The zero-order chi connectivity index (χ0) is 15.5. The van der Waals surface area contributed by atoms with E-state index in [9.17, 15) is 4.79 Å². The third-order valence-corrected chi connectivity index (χ3v) is 3.98. The predicted octanol–water partition coefficient (Wildman–Crippen LogP) is 1.03. The molecule has 0 N–H and O–H groups in total. The van der Waals surface area contributed by atoms with Gasteiger partial charge in [-0.25, -0.2) is 0 Å². The Morgan fingerprint density at radius 2 is 2.32 bits per heavy atom. The SMILES string of the molecule is COCc1nnc2n1CCN(C(=O)Cc1ccco1)C(C)C2. The molecule has 3 heterocycles. The van der Waals surface area contributed by atoms with Crippen molar-refractivity contribution in [2.45, 2.75) is 39.0 Å². The Morgan fingerprint density at radius 1 is 1.45 bits per heavy atom. The van der Waals surface area contributed by atoms with Gasteiger partial charge in [-0.05, 0) is 19.1 Å². The van der Waals surface area contributed by atoms with Crippen molar-refractivity contribution >= 4 is 5.91 Å². The molecule has 1 unspecified atom stereocenters. The summed E-state index contributed by atoms with van der Waals surface area (Å²) in [5, 5.41) is 8.40. The minimum absolute atomic E-state index is 0.0782. The largest absolute Gasteiger partial charge is 0.469 e. The number of hydrogen-bond donors (Lipinski definition) is 0. The summed E-state index contributed by atoms with van der Waals surface area (Å²) in [7, 11) is 1.64. The predicted molar refractivity (Wildman–Crippen MR) is 78.0 cm³/mol. The van der Waals surface area contributed by atoms with Crippen molar-refractivity contribution in [3.8, 4) is 0 Å². The van der Waals surface area contributed by atoms with Gasteiger partial charge in [-0.3, -0.25) is 4.79 Å². The standard InChI is InChI=1S/C15H20N4O3/c1-11-8-13-16-17-14(10-21-2)19(13)6-5-18(11)15(20)9-12-4-3-7-22-12/h3-4,7,11H,5-6,8-10H2,1-2H3. The number of carbonyl (C=O) groups excluding carboxylic acids is 1. The number of carbonyl (C=O) groups is 1. The highest BCUT2D eigenvalue weighted by Crippen LogP contribution is 2.16.